The molecule has 0 aromatic heterocycles. The molecule has 100 valence electrons. The zero-order valence-electron chi connectivity index (χ0n) is 10.9. The van der Waals surface area contributed by atoms with Crippen molar-refractivity contribution < 1.29 is 8.42 Å². The standard InChI is InChI=1S/C13H20N2O2S/c1-15(2)9-11-4-3-5-12(8-11)14-13-6-7-18(16,17)10-13/h3-5,8,13-14H,6-7,9-10H2,1-2H3. The maximum absolute atomic E-state index is 11.4. The van der Waals surface area contributed by atoms with Gasteiger partial charge in [0.05, 0.1) is 11.5 Å². The third-order valence-corrected chi connectivity index (χ3v) is 4.80. The average Bonchev–Trinajstić information content (AvgIpc) is 2.57. The van der Waals surface area contributed by atoms with Gasteiger partial charge >= 0.3 is 0 Å². The molecule has 1 atom stereocenters. The Labute approximate surface area is 109 Å². The summed E-state index contributed by atoms with van der Waals surface area (Å²) in [5.74, 6) is 0.562. The van der Waals surface area contributed by atoms with E-state index in [1.54, 1.807) is 0 Å². The summed E-state index contributed by atoms with van der Waals surface area (Å²) in [5, 5.41) is 3.31. The van der Waals surface area contributed by atoms with Crippen LogP contribution in [0, 0.1) is 0 Å². The summed E-state index contributed by atoms with van der Waals surface area (Å²) in [5.41, 5.74) is 2.24. The second kappa shape index (κ2) is 5.28. The van der Waals surface area contributed by atoms with Gasteiger partial charge in [0.2, 0.25) is 0 Å². The minimum atomic E-state index is -2.82. The second-order valence-electron chi connectivity index (χ2n) is 5.18. The SMILES string of the molecule is CN(C)Cc1cccc(NC2CCS(=O)(=O)C2)c1. The molecule has 1 aliphatic rings. The number of hydrogen-bond acceptors (Lipinski definition) is 4. The Hall–Kier alpha value is -1.07. The second-order valence-corrected chi connectivity index (χ2v) is 7.41. The van der Waals surface area contributed by atoms with Gasteiger partial charge in [0.15, 0.2) is 9.84 Å². The fraction of sp³-hybridized carbons (Fsp3) is 0.538. The summed E-state index contributed by atoms with van der Waals surface area (Å²) in [4.78, 5) is 2.11. The number of nitrogens with one attached hydrogen (secondary N) is 1. The van der Waals surface area contributed by atoms with Crippen LogP contribution in [0.25, 0.3) is 0 Å². The van der Waals surface area contributed by atoms with Gasteiger partial charge in [0.25, 0.3) is 0 Å². The first-order valence-corrected chi connectivity index (χ1v) is 7.97. The number of anilines is 1. The Morgan fingerprint density at radius 2 is 2.17 bits per heavy atom. The molecule has 2 rings (SSSR count). The van der Waals surface area contributed by atoms with E-state index in [0.717, 1.165) is 12.2 Å². The van der Waals surface area contributed by atoms with Gasteiger partial charge in [0, 0.05) is 18.3 Å². The van der Waals surface area contributed by atoms with Gasteiger partial charge in [-0.1, -0.05) is 12.1 Å². The highest BCUT2D eigenvalue weighted by molar-refractivity contribution is 7.91. The molecular weight excluding hydrogens is 248 g/mol. The van der Waals surface area contributed by atoms with Gasteiger partial charge in [-0.2, -0.15) is 0 Å². The highest BCUT2D eigenvalue weighted by Gasteiger charge is 2.27. The molecule has 0 saturated carbocycles. The van der Waals surface area contributed by atoms with Crippen LogP contribution in [0.4, 0.5) is 5.69 Å². The van der Waals surface area contributed by atoms with E-state index in [0.29, 0.717) is 12.2 Å². The van der Waals surface area contributed by atoms with Crippen molar-refractivity contribution >= 4 is 15.5 Å². The molecular formula is C13H20N2O2S. The lowest BCUT2D eigenvalue weighted by Crippen LogP contribution is -2.20. The van der Waals surface area contributed by atoms with Crippen molar-refractivity contribution in [2.75, 3.05) is 30.9 Å². The normalized spacial score (nSPS) is 22.3. The smallest absolute Gasteiger partial charge is 0.152 e. The molecule has 1 fully saturated rings. The molecule has 0 spiro atoms. The fourth-order valence-corrected chi connectivity index (χ4v) is 3.94. The molecule has 1 N–H and O–H groups in total. The number of sulfone groups is 1. The van der Waals surface area contributed by atoms with E-state index >= 15 is 0 Å². The Kier molecular flexibility index (Phi) is 3.92. The third-order valence-electron chi connectivity index (χ3n) is 3.03. The molecule has 0 amide bonds. The molecule has 0 aliphatic carbocycles. The molecule has 5 heteroatoms. The maximum atomic E-state index is 11.4. The average molecular weight is 268 g/mol. The summed E-state index contributed by atoms with van der Waals surface area (Å²) in [6.07, 6.45) is 0.709. The van der Waals surface area contributed by atoms with Crippen molar-refractivity contribution in [1.82, 2.24) is 4.90 Å². The summed E-state index contributed by atoms with van der Waals surface area (Å²) in [7, 11) is 1.25. The van der Waals surface area contributed by atoms with E-state index in [2.05, 4.69) is 22.3 Å². The van der Waals surface area contributed by atoms with E-state index in [-0.39, 0.29) is 11.8 Å². The van der Waals surface area contributed by atoms with Crippen LogP contribution in [0.1, 0.15) is 12.0 Å². The van der Waals surface area contributed by atoms with Crippen LogP contribution in [0.15, 0.2) is 24.3 Å². The van der Waals surface area contributed by atoms with Gasteiger partial charge in [0.1, 0.15) is 0 Å². The first-order valence-electron chi connectivity index (χ1n) is 6.15. The lowest BCUT2D eigenvalue weighted by atomic mass is 10.1. The van der Waals surface area contributed by atoms with Gasteiger partial charge in [-0.05, 0) is 38.2 Å². The molecule has 18 heavy (non-hydrogen) atoms. The summed E-state index contributed by atoms with van der Waals surface area (Å²) < 4.78 is 22.8. The predicted octanol–water partition coefficient (Wildman–Crippen LogP) is 1.35. The van der Waals surface area contributed by atoms with Crippen molar-refractivity contribution in [3.63, 3.8) is 0 Å². The van der Waals surface area contributed by atoms with Crippen LogP contribution in [-0.2, 0) is 16.4 Å². The summed E-state index contributed by atoms with van der Waals surface area (Å²) >= 11 is 0. The molecule has 1 unspecified atom stereocenters. The van der Waals surface area contributed by atoms with Gasteiger partial charge in [-0.25, -0.2) is 8.42 Å². The van der Waals surface area contributed by atoms with Gasteiger partial charge < -0.3 is 10.2 Å². The van der Waals surface area contributed by atoms with Crippen molar-refractivity contribution in [3.8, 4) is 0 Å². The monoisotopic (exact) mass is 268 g/mol. The molecule has 1 heterocycles. The molecule has 1 aromatic rings. The number of hydrogen-bond donors (Lipinski definition) is 1. The highest BCUT2D eigenvalue weighted by atomic mass is 32.2. The lowest BCUT2D eigenvalue weighted by molar-refractivity contribution is 0.402. The molecule has 4 nitrogen and oxygen atoms in total. The summed E-state index contributed by atoms with van der Waals surface area (Å²) in [6.45, 7) is 0.887. The largest absolute Gasteiger partial charge is 0.381 e. The predicted molar refractivity (Wildman–Crippen MR) is 74.5 cm³/mol. The number of rotatable bonds is 4. The third kappa shape index (κ3) is 3.71. The quantitative estimate of drug-likeness (QED) is 0.895. The molecule has 1 aliphatic heterocycles. The van der Waals surface area contributed by atoms with Crippen LogP contribution in [0.5, 0.6) is 0 Å². The van der Waals surface area contributed by atoms with Crippen molar-refractivity contribution in [2.24, 2.45) is 0 Å². The lowest BCUT2D eigenvalue weighted by Gasteiger charge is -2.15. The van der Waals surface area contributed by atoms with Crippen LogP contribution < -0.4 is 5.32 Å². The first kappa shape index (κ1) is 13.4. The zero-order chi connectivity index (χ0) is 13.2. The van der Waals surface area contributed by atoms with Crippen LogP contribution in [-0.4, -0.2) is 45.0 Å². The fourth-order valence-electron chi connectivity index (χ4n) is 2.27. The van der Waals surface area contributed by atoms with Crippen molar-refractivity contribution in [1.29, 1.82) is 0 Å². The molecule has 1 aromatic carbocycles. The van der Waals surface area contributed by atoms with E-state index < -0.39 is 9.84 Å². The molecule has 0 bridgehead atoms. The van der Waals surface area contributed by atoms with Crippen LogP contribution in [0.3, 0.4) is 0 Å². The summed E-state index contributed by atoms with van der Waals surface area (Å²) in [6, 6.07) is 8.22. The Bertz CT molecular complexity index is 511. The Morgan fingerprint density at radius 1 is 1.39 bits per heavy atom. The number of nitrogens with zero attached hydrogens (tertiary/aromatic N) is 1. The van der Waals surface area contributed by atoms with Gasteiger partial charge in [-0.3, -0.25) is 0 Å². The first-order chi connectivity index (χ1) is 8.44. The topological polar surface area (TPSA) is 49.4 Å². The minimum Gasteiger partial charge on any atom is -0.381 e. The van der Waals surface area contributed by atoms with E-state index in [9.17, 15) is 8.42 Å². The van der Waals surface area contributed by atoms with E-state index in [1.165, 1.54) is 5.56 Å². The van der Waals surface area contributed by atoms with Crippen molar-refractivity contribution in [2.45, 2.75) is 19.0 Å². The van der Waals surface area contributed by atoms with Gasteiger partial charge in [-0.15, -0.1) is 0 Å². The van der Waals surface area contributed by atoms with Crippen LogP contribution in [0.2, 0.25) is 0 Å². The van der Waals surface area contributed by atoms with E-state index in [1.807, 2.05) is 26.2 Å². The van der Waals surface area contributed by atoms with E-state index in [4.69, 9.17) is 0 Å². The molecule has 0 radical (unpaired) electrons. The Morgan fingerprint density at radius 3 is 2.78 bits per heavy atom. The maximum Gasteiger partial charge on any atom is 0.152 e. The highest BCUT2D eigenvalue weighted by Crippen LogP contribution is 2.18. The zero-order valence-corrected chi connectivity index (χ0v) is 11.7. The van der Waals surface area contributed by atoms with Crippen LogP contribution >= 0.6 is 0 Å². The number of benzene rings is 1. The Balaban J connectivity index is 2.01. The van der Waals surface area contributed by atoms with Crippen molar-refractivity contribution in [3.05, 3.63) is 29.8 Å². The minimum absolute atomic E-state index is 0.0598. The molecule has 1 saturated heterocycles.